The SMILES string of the molecule is Cc1cc(I)ccc1OC(C(=O)c1ccc(Cl)cc1Cl)n1cncn1. The summed E-state index contributed by atoms with van der Waals surface area (Å²) in [5.41, 5.74) is 1.21. The molecule has 1 atom stereocenters. The van der Waals surface area contributed by atoms with E-state index in [0.717, 1.165) is 9.13 Å². The summed E-state index contributed by atoms with van der Waals surface area (Å²) >= 11 is 14.3. The molecule has 8 heteroatoms. The lowest BCUT2D eigenvalue weighted by atomic mass is 10.1. The number of hydrogen-bond donors (Lipinski definition) is 0. The molecule has 1 aromatic heterocycles. The highest BCUT2D eigenvalue weighted by Gasteiger charge is 2.27. The summed E-state index contributed by atoms with van der Waals surface area (Å²) in [5.74, 6) is 0.240. The van der Waals surface area contributed by atoms with Gasteiger partial charge in [-0.05, 0) is 71.5 Å². The van der Waals surface area contributed by atoms with E-state index in [-0.39, 0.29) is 10.8 Å². The normalized spacial score (nSPS) is 12.0. The third-order valence-electron chi connectivity index (χ3n) is 3.47. The molecule has 0 aliphatic carbocycles. The van der Waals surface area contributed by atoms with Gasteiger partial charge in [0.05, 0.1) is 5.02 Å². The average Bonchev–Trinajstić information content (AvgIpc) is 3.08. The molecule has 0 bridgehead atoms. The molecule has 25 heavy (non-hydrogen) atoms. The molecular formula is C17H12Cl2IN3O2. The molecule has 0 aliphatic heterocycles. The van der Waals surface area contributed by atoms with Crippen LogP contribution in [0, 0.1) is 10.5 Å². The van der Waals surface area contributed by atoms with Crippen molar-refractivity contribution in [2.75, 3.05) is 0 Å². The Balaban J connectivity index is 1.99. The molecule has 1 heterocycles. The topological polar surface area (TPSA) is 57.0 Å². The Morgan fingerprint density at radius 3 is 2.68 bits per heavy atom. The van der Waals surface area contributed by atoms with Gasteiger partial charge in [-0.3, -0.25) is 4.79 Å². The van der Waals surface area contributed by atoms with Crippen molar-refractivity contribution >= 4 is 51.6 Å². The van der Waals surface area contributed by atoms with Crippen LogP contribution < -0.4 is 4.74 Å². The Kier molecular flexibility index (Phi) is 5.61. The second-order valence-corrected chi connectivity index (χ2v) is 7.33. The number of benzene rings is 2. The van der Waals surface area contributed by atoms with Crippen molar-refractivity contribution in [2.24, 2.45) is 0 Å². The van der Waals surface area contributed by atoms with E-state index in [1.807, 2.05) is 25.1 Å². The largest absolute Gasteiger partial charge is 0.461 e. The third kappa shape index (κ3) is 4.13. The van der Waals surface area contributed by atoms with E-state index in [9.17, 15) is 4.79 Å². The monoisotopic (exact) mass is 487 g/mol. The van der Waals surface area contributed by atoms with Crippen molar-refractivity contribution in [3.8, 4) is 5.75 Å². The maximum Gasteiger partial charge on any atom is 0.256 e. The second-order valence-electron chi connectivity index (χ2n) is 5.24. The number of carbonyl (C=O) groups is 1. The van der Waals surface area contributed by atoms with Crippen LogP contribution in [0.5, 0.6) is 5.75 Å². The molecule has 0 saturated heterocycles. The minimum absolute atomic E-state index is 0.255. The molecule has 0 N–H and O–H groups in total. The molecule has 3 rings (SSSR count). The van der Waals surface area contributed by atoms with Crippen LogP contribution in [0.4, 0.5) is 0 Å². The summed E-state index contributed by atoms with van der Waals surface area (Å²) in [4.78, 5) is 16.9. The van der Waals surface area contributed by atoms with Crippen molar-refractivity contribution in [3.05, 3.63) is 73.8 Å². The number of ketones is 1. The fourth-order valence-corrected chi connectivity index (χ4v) is 3.40. The first kappa shape index (κ1) is 18.2. The van der Waals surface area contributed by atoms with Gasteiger partial charge in [0.1, 0.15) is 18.4 Å². The molecular weight excluding hydrogens is 476 g/mol. The van der Waals surface area contributed by atoms with Crippen LogP contribution in [0.2, 0.25) is 10.0 Å². The van der Waals surface area contributed by atoms with E-state index in [1.165, 1.54) is 23.4 Å². The Hall–Kier alpha value is -1.64. The maximum atomic E-state index is 13.0. The van der Waals surface area contributed by atoms with Gasteiger partial charge in [0.2, 0.25) is 5.78 Å². The van der Waals surface area contributed by atoms with Crippen LogP contribution in [0.1, 0.15) is 22.1 Å². The molecule has 2 aromatic carbocycles. The standard InChI is InChI=1S/C17H12Cl2IN3O2/c1-10-6-12(20)3-5-15(10)25-17(23-9-21-8-22-23)16(24)13-4-2-11(18)7-14(13)19/h2-9,17H,1H3. The fourth-order valence-electron chi connectivity index (χ4n) is 2.25. The summed E-state index contributed by atoms with van der Waals surface area (Å²) in [6.07, 6.45) is 1.74. The van der Waals surface area contributed by atoms with Crippen LogP contribution in [-0.4, -0.2) is 20.5 Å². The van der Waals surface area contributed by atoms with Gasteiger partial charge in [-0.25, -0.2) is 9.67 Å². The van der Waals surface area contributed by atoms with Crippen molar-refractivity contribution in [1.82, 2.24) is 14.8 Å². The highest BCUT2D eigenvalue weighted by atomic mass is 127. The minimum Gasteiger partial charge on any atom is -0.461 e. The Morgan fingerprint density at radius 1 is 1.24 bits per heavy atom. The van der Waals surface area contributed by atoms with E-state index in [4.69, 9.17) is 27.9 Å². The quantitative estimate of drug-likeness (QED) is 0.377. The van der Waals surface area contributed by atoms with Crippen molar-refractivity contribution in [1.29, 1.82) is 0 Å². The summed E-state index contributed by atoms with van der Waals surface area (Å²) in [6, 6.07) is 10.4. The van der Waals surface area contributed by atoms with E-state index < -0.39 is 6.23 Å². The van der Waals surface area contributed by atoms with Crippen LogP contribution in [0.25, 0.3) is 0 Å². The van der Waals surface area contributed by atoms with E-state index in [1.54, 1.807) is 12.1 Å². The molecule has 0 radical (unpaired) electrons. The molecule has 0 amide bonds. The molecule has 0 spiro atoms. The molecule has 0 aliphatic rings. The number of carbonyl (C=O) groups excluding carboxylic acids is 1. The molecule has 0 fully saturated rings. The van der Waals surface area contributed by atoms with Crippen LogP contribution >= 0.6 is 45.8 Å². The Labute approximate surface area is 168 Å². The number of aromatic nitrogens is 3. The van der Waals surface area contributed by atoms with Crippen molar-refractivity contribution < 1.29 is 9.53 Å². The Bertz CT molecular complexity index is 916. The average molecular weight is 488 g/mol. The highest BCUT2D eigenvalue weighted by molar-refractivity contribution is 14.1. The fraction of sp³-hybridized carbons (Fsp3) is 0.118. The van der Waals surface area contributed by atoms with Crippen LogP contribution in [0.3, 0.4) is 0 Å². The lowest BCUT2D eigenvalue weighted by Crippen LogP contribution is -2.26. The summed E-state index contributed by atoms with van der Waals surface area (Å²) in [6.45, 7) is 1.91. The number of rotatable bonds is 5. The summed E-state index contributed by atoms with van der Waals surface area (Å²) in [7, 11) is 0. The van der Waals surface area contributed by atoms with Gasteiger partial charge in [-0.15, -0.1) is 0 Å². The predicted octanol–water partition coefficient (Wildman–Crippen LogP) is 4.96. The van der Waals surface area contributed by atoms with Crippen molar-refractivity contribution in [2.45, 2.75) is 13.2 Å². The van der Waals surface area contributed by atoms with Gasteiger partial charge in [0, 0.05) is 14.2 Å². The van der Waals surface area contributed by atoms with Gasteiger partial charge in [-0.1, -0.05) is 23.2 Å². The number of aryl methyl sites for hydroxylation is 1. The lowest BCUT2D eigenvalue weighted by Gasteiger charge is -2.20. The van der Waals surface area contributed by atoms with Gasteiger partial charge in [-0.2, -0.15) is 5.10 Å². The highest BCUT2D eigenvalue weighted by Crippen LogP contribution is 2.28. The van der Waals surface area contributed by atoms with E-state index >= 15 is 0 Å². The van der Waals surface area contributed by atoms with Crippen LogP contribution in [0.15, 0.2) is 49.1 Å². The first-order valence-corrected chi connectivity index (χ1v) is 9.05. The minimum atomic E-state index is -1.03. The smallest absolute Gasteiger partial charge is 0.256 e. The predicted molar refractivity (Wildman–Crippen MR) is 104 cm³/mol. The van der Waals surface area contributed by atoms with Gasteiger partial charge in [0.25, 0.3) is 6.23 Å². The summed E-state index contributed by atoms with van der Waals surface area (Å²) < 4.78 is 8.39. The first-order chi connectivity index (χ1) is 12.0. The van der Waals surface area contributed by atoms with Gasteiger partial charge >= 0.3 is 0 Å². The van der Waals surface area contributed by atoms with Crippen LogP contribution in [-0.2, 0) is 0 Å². The molecule has 1 unspecified atom stereocenters. The zero-order valence-corrected chi connectivity index (χ0v) is 16.7. The molecule has 128 valence electrons. The number of hydrogen-bond acceptors (Lipinski definition) is 4. The van der Waals surface area contributed by atoms with Crippen molar-refractivity contribution in [3.63, 3.8) is 0 Å². The second kappa shape index (κ2) is 7.72. The van der Waals surface area contributed by atoms with E-state index in [2.05, 4.69) is 32.7 Å². The van der Waals surface area contributed by atoms with Gasteiger partial charge in [0.15, 0.2) is 0 Å². The van der Waals surface area contributed by atoms with Gasteiger partial charge < -0.3 is 4.74 Å². The van der Waals surface area contributed by atoms with E-state index in [0.29, 0.717) is 16.3 Å². The third-order valence-corrected chi connectivity index (χ3v) is 4.69. The zero-order chi connectivity index (χ0) is 18.0. The molecule has 0 saturated carbocycles. The molecule has 5 nitrogen and oxygen atoms in total. The first-order valence-electron chi connectivity index (χ1n) is 7.22. The number of nitrogens with zero attached hydrogens (tertiary/aromatic N) is 3. The lowest BCUT2D eigenvalue weighted by molar-refractivity contribution is 0.0617. The zero-order valence-electron chi connectivity index (χ0n) is 13.0. The summed E-state index contributed by atoms with van der Waals surface area (Å²) in [5, 5.41) is 4.75. The molecule has 3 aromatic rings. The number of ether oxygens (including phenoxy) is 1. The number of halogens is 3. The Morgan fingerprint density at radius 2 is 2.04 bits per heavy atom. The number of Topliss-reactive ketones (excluding diaryl/α,β-unsaturated/α-hetero) is 1. The maximum absolute atomic E-state index is 13.0.